The Labute approximate surface area is 110 Å². The van der Waals surface area contributed by atoms with Crippen LogP contribution in [0.15, 0.2) is 24.3 Å². The molecule has 0 amide bonds. The van der Waals surface area contributed by atoms with E-state index < -0.39 is 0 Å². The fraction of sp³-hybridized carbons (Fsp3) is 0.308. The van der Waals surface area contributed by atoms with Gasteiger partial charge in [-0.25, -0.2) is 4.98 Å². The van der Waals surface area contributed by atoms with Crippen molar-refractivity contribution in [2.75, 3.05) is 11.9 Å². The minimum Gasteiger partial charge on any atom is -0.369 e. The summed E-state index contributed by atoms with van der Waals surface area (Å²) < 4.78 is 0. The average Bonchev–Trinajstić information content (AvgIpc) is 2.61. The Morgan fingerprint density at radius 1 is 1.24 bits per heavy atom. The van der Waals surface area contributed by atoms with Crippen LogP contribution >= 0.6 is 22.9 Å². The molecule has 1 aliphatic rings. The quantitative estimate of drug-likeness (QED) is 0.835. The number of nitrogens with one attached hydrogen (secondary N) is 1. The summed E-state index contributed by atoms with van der Waals surface area (Å²) in [5.41, 5.74) is 1.04. The highest BCUT2D eigenvalue weighted by Gasteiger charge is 2.15. The maximum atomic E-state index is 6.20. The van der Waals surface area contributed by atoms with Gasteiger partial charge in [-0.2, -0.15) is 0 Å². The van der Waals surface area contributed by atoms with Gasteiger partial charge in [-0.15, -0.1) is 11.3 Å². The van der Waals surface area contributed by atoms with E-state index in [0.29, 0.717) is 0 Å². The van der Waals surface area contributed by atoms with Crippen LogP contribution in [0.1, 0.15) is 17.7 Å². The molecule has 0 spiro atoms. The van der Waals surface area contributed by atoms with Crippen LogP contribution in [0.25, 0.3) is 10.6 Å². The van der Waals surface area contributed by atoms with E-state index in [1.54, 1.807) is 11.3 Å². The van der Waals surface area contributed by atoms with Crippen LogP contribution in [0.5, 0.6) is 0 Å². The van der Waals surface area contributed by atoms with E-state index in [1.807, 2.05) is 24.3 Å². The van der Waals surface area contributed by atoms with Crippen LogP contribution in [0.2, 0.25) is 5.02 Å². The van der Waals surface area contributed by atoms with E-state index in [1.165, 1.54) is 17.7 Å². The SMILES string of the molecule is Clc1ccccc1-c1nc2c(s1)CCCCN2. The second-order valence-corrected chi connectivity index (χ2v) is 5.65. The average molecular weight is 265 g/mol. The van der Waals surface area contributed by atoms with Crippen molar-refractivity contribution < 1.29 is 0 Å². The van der Waals surface area contributed by atoms with Crippen molar-refractivity contribution in [2.45, 2.75) is 19.3 Å². The van der Waals surface area contributed by atoms with Crippen molar-refractivity contribution in [1.82, 2.24) is 4.98 Å². The summed E-state index contributed by atoms with van der Waals surface area (Å²) in [6.07, 6.45) is 3.60. The lowest BCUT2D eigenvalue weighted by molar-refractivity contribution is 0.790. The number of aryl methyl sites for hydroxylation is 1. The second kappa shape index (κ2) is 4.67. The topological polar surface area (TPSA) is 24.9 Å². The molecule has 0 radical (unpaired) electrons. The molecule has 1 aliphatic heterocycles. The van der Waals surface area contributed by atoms with Crippen LogP contribution in [-0.2, 0) is 6.42 Å². The molecule has 1 N–H and O–H groups in total. The van der Waals surface area contributed by atoms with E-state index in [-0.39, 0.29) is 0 Å². The highest BCUT2D eigenvalue weighted by atomic mass is 35.5. The maximum absolute atomic E-state index is 6.20. The Hall–Kier alpha value is -1.06. The summed E-state index contributed by atoms with van der Waals surface area (Å²) in [6, 6.07) is 7.89. The molecule has 4 heteroatoms. The Bertz CT molecular complexity index is 512. The Morgan fingerprint density at radius 2 is 2.12 bits per heavy atom. The van der Waals surface area contributed by atoms with Crippen molar-refractivity contribution >= 4 is 28.8 Å². The smallest absolute Gasteiger partial charge is 0.140 e. The Kier molecular flexibility index (Phi) is 3.04. The fourth-order valence-corrected chi connectivity index (χ4v) is 3.43. The second-order valence-electron chi connectivity index (χ2n) is 4.15. The largest absolute Gasteiger partial charge is 0.369 e. The predicted octanol–water partition coefficient (Wildman–Crippen LogP) is 4.21. The van der Waals surface area contributed by atoms with Crippen LogP contribution in [0.3, 0.4) is 0 Å². The number of aromatic nitrogens is 1. The minimum atomic E-state index is 0.774. The lowest BCUT2D eigenvalue weighted by atomic mass is 10.2. The minimum absolute atomic E-state index is 0.774. The van der Waals surface area contributed by atoms with Crippen molar-refractivity contribution in [1.29, 1.82) is 0 Å². The van der Waals surface area contributed by atoms with Crippen molar-refractivity contribution in [3.05, 3.63) is 34.2 Å². The van der Waals surface area contributed by atoms with Crippen molar-refractivity contribution in [2.24, 2.45) is 0 Å². The molecule has 17 heavy (non-hydrogen) atoms. The van der Waals surface area contributed by atoms with Crippen LogP contribution in [0, 0.1) is 0 Å². The van der Waals surface area contributed by atoms with Gasteiger partial charge >= 0.3 is 0 Å². The van der Waals surface area contributed by atoms with Gasteiger partial charge in [0.2, 0.25) is 0 Å². The summed E-state index contributed by atoms with van der Waals surface area (Å²) in [7, 11) is 0. The predicted molar refractivity (Wildman–Crippen MR) is 74.0 cm³/mol. The number of hydrogen-bond donors (Lipinski definition) is 1. The molecule has 0 saturated carbocycles. The first-order chi connectivity index (χ1) is 8.34. The monoisotopic (exact) mass is 264 g/mol. The van der Waals surface area contributed by atoms with Gasteiger partial charge < -0.3 is 5.32 Å². The normalized spacial score (nSPS) is 14.9. The lowest BCUT2D eigenvalue weighted by Gasteiger charge is -2.00. The zero-order chi connectivity index (χ0) is 11.7. The molecule has 2 nitrogen and oxygen atoms in total. The zero-order valence-electron chi connectivity index (χ0n) is 9.37. The first-order valence-electron chi connectivity index (χ1n) is 5.83. The molecule has 3 rings (SSSR count). The molecule has 2 aromatic rings. The highest BCUT2D eigenvalue weighted by molar-refractivity contribution is 7.15. The number of nitrogens with zero attached hydrogens (tertiary/aromatic N) is 1. The van der Waals surface area contributed by atoms with Crippen LogP contribution in [-0.4, -0.2) is 11.5 Å². The maximum Gasteiger partial charge on any atom is 0.140 e. The molecule has 1 aromatic heterocycles. The third-order valence-electron chi connectivity index (χ3n) is 2.92. The third-order valence-corrected chi connectivity index (χ3v) is 4.40. The van der Waals surface area contributed by atoms with Crippen molar-refractivity contribution in [3.8, 4) is 10.6 Å². The van der Waals surface area contributed by atoms with Gasteiger partial charge in [0.15, 0.2) is 0 Å². The van der Waals surface area contributed by atoms with E-state index in [9.17, 15) is 0 Å². The van der Waals surface area contributed by atoms with Crippen LogP contribution < -0.4 is 5.32 Å². The lowest BCUT2D eigenvalue weighted by Crippen LogP contribution is -1.99. The van der Waals surface area contributed by atoms with Gasteiger partial charge in [-0.05, 0) is 25.3 Å². The molecule has 0 bridgehead atoms. The molecular formula is C13H13ClN2S. The Morgan fingerprint density at radius 3 is 3.00 bits per heavy atom. The van der Waals surface area contributed by atoms with Gasteiger partial charge in [-0.1, -0.05) is 29.8 Å². The molecule has 88 valence electrons. The zero-order valence-corrected chi connectivity index (χ0v) is 10.9. The first kappa shape index (κ1) is 11.1. The van der Waals surface area contributed by atoms with E-state index >= 15 is 0 Å². The summed E-state index contributed by atoms with van der Waals surface area (Å²) in [5.74, 6) is 1.06. The van der Waals surface area contributed by atoms with Gasteiger partial charge in [0.1, 0.15) is 10.8 Å². The first-order valence-corrected chi connectivity index (χ1v) is 7.02. The Balaban J connectivity index is 2.02. The summed E-state index contributed by atoms with van der Waals surface area (Å²) in [6.45, 7) is 1.03. The molecule has 1 aromatic carbocycles. The molecule has 0 unspecified atom stereocenters. The van der Waals surface area contributed by atoms with Gasteiger partial charge in [0.25, 0.3) is 0 Å². The van der Waals surface area contributed by atoms with E-state index in [2.05, 4.69) is 10.3 Å². The number of hydrogen-bond acceptors (Lipinski definition) is 3. The number of thiazole rings is 1. The van der Waals surface area contributed by atoms with E-state index in [0.717, 1.165) is 34.4 Å². The summed E-state index contributed by atoms with van der Waals surface area (Å²) in [4.78, 5) is 6.02. The highest BCUT2D eigenvalue weighted by Crippen LogP contribution is 2.36. The summed E-state index contributed by atoms with van der Waals surface area (Å²) in [5, 5.41) is 5.19. The van der Waals surface area contributed by atoms with Crippen molar-refractivity contribution in [3.63, 3.8) is 0 Å². The molecule has 0 aliphatic carbocycles. The number of rotatable bonds is 1. The molecule has 0 fully saturated rings. The number of benzene rings is 1. The van der Waals surface area contributed by atoms with Gasteiger partial charge in [0.05, 0.1) is 5.02 Å². The summed E-state index contributed by atoms with van der Waals surface area (Å²) >= 11 is 7.96. The number of halogens is 1. The molecule has 0 atom stereocenters. The fourth-order valence-electron chi connectivity index (χ4n) is 2.03. The molecule has 0 saturated heterocycles. The van der Waals surface area contributed by atoms with Gasteiger partial charge in [-0.3, -0.25) is 0 Å². The number of fused-ring (bicyclic) bond motifs is 1. The third kappa shape index (κ3) is 2.17. The number of anilines is 1. The molecule has 2 heterocycles. The molecular weight excluding hydrogens is 252 g/mol. The van der Waals surface area contributed by atoms with E-state index in [4.69, 9.17) is 11.6 Å². The van der Waals surface area contributed by atoms with Gasteiger partial charge in [0, 0.05) is 17.0 Å². The standard InChI is InChI=1S/C13H13ClN2S/c14-10-6-2-1-5-9(10)13-16-12-11(17-13)7-3-4-8-15-12/h1-2,5-6,15H,3-4,7-8H2. The van der Waals surface area contributed by atoms with Crippen LogP contribution in [0.4, 0.5) is 5.82 Å².